The SMILES string of the molecule is C[C@@H](N(C)C(=O)CN1C(=O)[C@@H]2[C@H](C1=O)[C@H]1C=C[C@H]2C1)C(C)(C)C. The van der Waals surface area contributed by atoms with Crippen LogP contribution >= 0.6 is 0 Å². The summed E-state index contributed by atoms with van der Waals surface area (Å²) in [4.78, 5) is 40.6. The number of amides is 3. The molecule has 0 aromatic rings. The van der Waals surface area contributed by atoms with Crippen LogP contribution in [-0.2, 0) is 14.4 Å². The fraction of sp³-hybridized carbons (Fsp3) is 0.722. The van der Waals surface area contributed by atoms with Crippen molar-refractivity contribution in [3.63, 3.8) is 0 Å². The third-order valence-corrected chi connectivity index (χ3v) is 6.08. The zero-order valence-corrected chi connectivity index (χ0v) is 14.6. The maximum Gasteiger partial charge on any atom is 0.242 e. The lowest BCUT2D eigenvalue weighted by atomic mass is 9.85. The number of hydrogen-bond acceptors (Lipinski definition) is 3. The van der Waals surface area contributed by atoms with Gasteiger partial charge in [-0.2, -0.15) is 0 Å². The van der Waals surface area contributed by atoms with Crippen molar-refractivity contribution in [3.8, 4) is 0 Å². The lowest BCUT2D eigenvalue weighted by Gasteiger charge is -2.36. The number of imide groups is 1. The van der Waals surface area contributed by atoms with Crippen LogP contribution in [0.5, 0.6) is 0 Å². The molecule has 3 amide bonds. The van der Waals surface area contributed by atoms with Crippen molar-refractivity contribution in [2.75, 3.05) is 13.6 Å². The van der Waals surface area contributed by atoms with E-state index in [1.165, 1.54) is 4.90 Å². The van der Waals surface area contributed by atoms with Gasteiger partial charge in [0.15, 0.2) is 0 Å². The van der Waals surface area contributed by atoms with E-state index in [2.05, 4.69) is 32.9 Å². The number of rotatable bonds is 3. The van der Waals surface area contributed by atoms with Gasteiger partial charge in [0.25, 0.3) is 0 Å². The largest absolute Gasteiger partial charge is 0.341 e. The number of allylic oxidation sites excluding steroid dienone is 2. The first-order chi connectivity index (χ1) is 10.6. The predicted octanol–water partition coefficient (Wildman–Crippen LogP) is 1.69. The lowest BCUT2D eigenvalue weighted by Crippen LogP contribution is -2.48. The molecular formula is C18H26N2O3. The number of fused-ring (bicyclic) bond motifs is 5. The van der Waals surface area contributed by atoms with Crippen molar-refractivity contribution >= 4 is 17.7 Å². The van der Waals surface area contributed by atoms with Gasteiger partial charge < -0.3 is 4.90 Å². The Morgan fingerprint density at radius 2 is 1.70 bits per heavy atom. The quantitative estimate of drug-likeness (QED) is 0.588. The molecule has 0 aromatic heterocycles. The van der Waals surface area contributed by atoms with Crippen molar-refractivity contribution in [3.05, 3.63) is 12.2 Å². The molecule has 2 fully saturated rings. The van der Waals surface area contributed by atoms with Gasteiger partial charge in [0.1, 0.15) is 6.54 Å². The maximum absolute atomic E-state index is 12.6. The number of likely N-dealkylation sites (N-methyl/N-ethyl adjacent to an activating group) is 1. The molecule has 126 valence electrons. The van der Waals surface area contributed by atoms with Crippen molar-refractivity contribution in [2.45, 2.75) is 40.2 Å². The molecule has 0 spiro atoms. The molecule has 3 aliphatic rings. The summed E-state index contributed by atoms with van der Waals surface area (Å²) in [6.07, 6.45) is 5.04. The van der Waals surface area contributed by atoms with E-state index in [0.717, 1.165) is 6.42 Å². The minimum atomic E-state index is -0.226. The molecule has 5 nitrogen and oxygen atoms in total. The van der Waals surface area contributed by atoms with Gasteiger partial charge in [-0.25, -0.2) is 0 Å². The fourth-order valence-corrected chi connectivity index (χ4v) is 4.16. The summed E-state index contributed by atoms with van der Waals surface area (Å²) in [6.45, 7) is 8.08. The van der Waals surface area contributed by atoms with Crippen LogP contribution in [0.2, 0.25) is 0 Å². The molecule has 2 aliphatic carbocycles. The fourth-order valence-electron chi connectivity index (χ4n) is 4.16. The molecule has 1 saturated carbocycles. The van der Waals surface area contributed by atoms with E-state index in [1.54, 1.807) is 11.9 Å². The molecule has 23 heavy (non-hydrogen) atoms. The summed E-state index contributed by atoms with van der Waals surface area (Å²) in [7, 11) is 1.75. The summed E-state index contributed by atoms with van der Waals surface area (Å²) in [5.74, 6) is -0.551. The third-order valence-electron chi connectivity index (χ3n) is 6.08. The smallest absolute Gasteiger partial charge is 0.242 e. The monoisotopic (exact) mass is 318 g/mol. The Kier molecular flexibility index (Phi) is 3.65. The Hall–Kier alpha value is -1.65. The van der Waals surface area contributed by atoms with Gasteiger partial charge in [-0.1, -0.05) is 32.9 Å². The van der Waals surface area contributed by atoms with Crippen LogP contribution in [0.15, 0.2) is 12.2 Å². The van der Waals surface area contributed by atoms with Crippen molar-refractivity contribution in [2.24, 2.45) is 29.1 Å². The van der Waals surface area contributed by atoms with E-state index in [9.17, 15) is 14.4 Å². The predicted molar refractivity (Wildman–Crippen MR) is 86.1 cm³/mol. The molecule has 1 aliphatic heterocycles. The number of nitrogens with zero attached hydrogens (tertiary/aromatic N) is 2. The van der Waals surface area contributed by atoms with Gasteiger partial charge >= 0.3 is 0 Å². The molecule has 3 rings (SSSR count). The molecule has 1 heterocycles. The van der Waals surface area contributed by atoms with Crippen LogP contribution in [-0.4, -0.2) is 47.2 Å². The first kappa shape index (κ1) is 16.2. The second-order valence-electron chi connectivity index (χ2n) is 8.31. The van der Waals surface area contributed by atoms with Gasteiger partial charge in [-0.3, -0.25) is 19.3 Å². The molecule has 0 aromatic carbocycles. The third kappa shape index (κ3) is 2.41. The highest BCUT2D eigenvalue weighted by molar-refractivity contribution is 6.08. The van der Waals surface area contributed by atoms with E-state index < -0.39 is 0 Å². The first-order valence-corrected chi connectivity index (χ1v) is 8.42. The molecule has 0 N–H and O–H groups in total. The molecule has 5 atom stereocenters. The second-order valence-corrected chi connectivity index (χ2v) is 8.31. The zero-order valence-electron chi connectivity index (χ0n) is 14.6. The molecule has 1 saturated heterocycles. The zero-order chi connectivity index (χ0) is 17.1. The summed E-state index contributed by atoms with van der Waals surface area (Å²) in [6, 6.07) is 0.0279. The average molecular weight is 318 g/mol. The first-order valence-electron chi connectivity index (χ1n) is 8.42. The van der Waals surface area contributed by atoms with Gasteiger partial charge in [0.05, 0.1) is 11.8 Å². The maximum atomic E-state index is 12.6. The van der Waals surface area contributed by atoms with Crippen LogP contribution in [0, 0.1) is 29.1 Å². The number of hydrogen-bond donors (Lipinski definition) is 0. The summed E-state index contributed by atoms with van der Waals surface area (Å²) >= 11 is 0. The Morgan fingerprint density at radius 3 is 2.13 bits per heavy atom. The highest BCUT2D eigenvalue weighted by Crippen LogP contribution is 2.52. The topological polar surface area (TPSA) is 57.7 Å². The average Bonchev–Trinajstić information content (AvgIpc) is 3.14. The van der Waals surface area contributed by atoms with Crippen LogP contribution in [0.25, 0.3) is 0 Å². The van der Waals surface area contributed by atoms with Gasteiger partial charge in [-0.05, 0) is 30.6 Å². The van der Waals surface area contributed by atoms with E-state index in [-0.39, 0.29) is 59.4 Å². The number of carbonyl (C=O) groups excluding carboxylic acids is 3. The van der Waals surface area contributed by atoms with Crippen LogP contribution < -0.4 is 0 Å². The van der Waals surface area contributed by atoms with Gasteiger partial charge in [-0.15, -0.1) is 0 Å². The van der Waals surface area contributed by atoms with Crippen molar-refractivity contribution < 1.29 is 14.4 Å². The van der Waals surface area contributed by atoms with Gasteiger partial charge in [0, 0.05) is 13.1 Å². The van der Waals surface area contributed by atoms with Crippen LogP contribution in [0.3, 0.4) is 0 Å². The van der Waals surface area contributed by atoms with E-state index in [1.807, 2.05) is 6.92 Å². The molecule has 2 bridgehead atoms. The van der Waals surface area contributed by atoms with E-state index in [4.69, 9.17) is 0 Å². The van der Waals surface area contributed by atoms with Crippen LogP contribution in [0.4, 0.5) is 0 Å². The summed E-state index contributed by atoms with van der Waals surface area (Å²) < 4.78 is 0. The highest BCUT2D eigenvalue weighted by Gasteiger charge is 2.59. The number of likely N-dealkylation sites (tertiary alicyclic amines) is 1. The van der Waals surface area contributed by atoms with Gasteiger partial charge in [0.2, 0.25) is 17.7 Å². The Bertz CT molecular complexity index is 560. The molecule has 0 unspecified atom stereocenters. The lowest BCUT2D eigenvalue weighted by molar-refractivity contribution is -0.148. The van der Waals surface area contributed by atoms with E-state index >= 15 is 0 Å². The van der Waals surface area contributed by atoms with E-state index in [0.29, 0.717) is 0 Å². The molecular weight excluding hydrogens is 292 g/mol. The highest BCUT2D eigenvalue weighted by atomic mass is 16.2. The molecule has 0 radical (unpaired) electrons. The summed E-state index contributed by atoms with van der Waals surface area (Å²) in [5, 5.41) is 0. The van der Waals surface area contributed by atoms with Crippen molar-refractivity contribution in [1.82, 2.24) is 9.80 Å². The van der Waals surface area contributed by atoms with Crippen LogP contribution in [0.1, 0.15) is 34.1 Å². The Balaban J connectivity index is 1.71. The second kappa shape index (κ2) is 5.18. The molecule has 5 heteroatoms. The summed E-state index contributed by atoms with van der Waals surface area (Å²) in [5.41, 5.74) is -0.0526. The Morgan fingerprint density at radius 1 is 1.22 bits per heavy atom. The minimum Gasteiger partial charge on any atom is -0.341 e. The normalized spacial score (nSPS) is 33.3. The number of carbonyl (C=O) groups is 3. The Labute approximate surface area is 137 Å². The minimum absolute atomic E-state index is 0.0279. The standard InChI is InChI=1S/C18H26N2O3/c1-10(18(2,3)4)19(5)13(21)9-20-16(22)14-11-6-7-12(8-11)15(14)17(20)23/h6-7,10-12,14-15H,8-9H2,1-5H3/t10-,11+,12+,14-,15+/m1/s1. The van der Waals surface area contributed by atoms with Crippen molar-refractivity contribution in [1.29, 1.82) is 0 Å².